The van der Waals surface area contributed by atoms with Crippen molar-refractivity contribution in [3.05, 3.63) is 48.0 Å². The molecule has 19 heavy (non-hydrogen) atoms. The van der Waals surface area contributed by atoms with E-state index in [1.807, 2.05) is 0 Å². The van der Waals surface area contributed by atoms with Gasteiger partial charge in [-0.15, -0.1) is 0 Å². The lowest BCUT2D eigenvalue weighted by atomic mass is 10.2. The van der Waals surface area contributed by atoms with Gasteiger partial charge in [-0.25, -0.2) is 17.5 Å². The fourth-order valence-corrected chi connectivity index (χ4v) is 1.89. The fourth-order valence-electron chi connectivity index (χ4n) is 1.45. The highest BCUT2D eigenvalue weighted by Crippen LogP contribution is 2.22. The predicted octanol–water partition coefficient (Wildman–Crippen LogP) is 1.78. The molecule has 1 N–H and O–H groups in total. The summed E-state index contributed by atoms with van der Waals surface area (Å²) in [5, 5.41) is 0. The zero-order valence-corrected chi connectivity index (χ0v) is 10.7. The Hall–Kier alpha value is -2.15. The predicted molar refractivity (Wildman–Crippen MR) is 66.4 cm³/mol. The van der Waals surface area contributed by atoms with Crippen LogP contribution in [0.5, 0.6) is 0 Å². The van der Waals surface area contributed by atoms with Crippen molar-refractivity contribution in [1.29, 1.82) is 0 Å². The van der Waals surface area contributed by atoms with Gasteiger partial charge in [-0.3, -0.25) is 4.79 Å². The summed E-state index contributed by atoms with van der Waals surface area (Å²) in [7, 11) is -3.64. The second-order valence-corrected chi connectivity index (χ2v) is 5.62. The minimum atomic E-state index is -3.64. The molecule has 0 radical (unpaired) electrons. The lowest BCUT2D eigenvalue weighted by Crippen LogP contribution is -2.28. The van der Waals surface area contributed by atoms with E-state index in [0.717, 1.165) is 6.26 Å². The summed E-state index contributed by atoms with van der Waals surface area (Å²) >= 11 is 0. The molecule has 0 aliphatic carbocycles. The average molecular weight is 283 g/mol. The topological polar surface area (TPSA) is 76.4 Å². The van der Waals surface area contributed by atoms with Gasteiger partial charge in [-0.05, 0) is 36.4 Å². The van der Waals surface area contributed by atoms with Crippen molar-refractivity contribution in [2.45, 2.75) is 0 Å². The maximum absolute atomic E-state index is 12.8. The first-order chi connectivity index (χ1) is 8.85. The van der Waals surface area contributed by atoms with Crippen LogP contribution in [0.4, 0.5) is 4.39 Å². The molecule has 0 bridgehead atoms. The monoisotopic (exact) mass is 283 g/mol. The lowest BCUT2D eigenvalue weighted by Gasteiger charge is -1.99. The maximum atomic E-state index is 12.8. The largest absolute Gasteiger partial charge is 0.451 e. The molecule has 2 aromatic rings. The maximum Gasteiger partial charge on any atom is 0.300 e. The van der Waals surface area contributed by atoms with E-state index in [1.165, 1.54) is 36.4 Å². The van der Waals surface area contributed by atoms with E-state index in [0.29, 0.717) is 11.3 Å². The number of hydrogen-bond acceptors (Lipinski definition) is 4. The molecule has 1 heterocycles. The van der Waals surface area contributed by atoms with Crippen molar-refractivity contribution in [3.63, 3.8) is 0 Å². The first-order valence-electron chi connectivity index (χ1n) is 5.23. The Morgan fingerprint density at radius 1 is 1.16 bits per heavy atom. The zero-order chi connectivity index (χ0) is 14.0. The molecular formula is C12H10FNO4S. The van der Waals surface area contributed by atoms with E-state index in [-0.39, 0.29) is 11.6 Å². The van der Waals surface area contributed by atoms with Gasteiger partial charge in [0.1, 0.15) is 11.6 Å². The van der Waals surface area contributed by atoms with Crippen LogP contribution in [0.3, 0.4) is 0 Å². The number of rotatable bonds is 3. The summed E-state index contributed by atoms with van der Waals surface area (Å²) in [6.45, 7) is 0. The lowest BCUT2D eigenvalue weighted by molar-refractivity contribution is 0.0955. The molecule has 5 nitrogen and oxygen atoms in total. The van der Waals surface area contributed by atoms with E-state index in [2.05, 4.69) is 0 Å². The molecule has 0 saturated carbocycles. The van der Waals surface area contributed by atoms with E-state index in [9.17, 15) is 17.6 Å². The average Bonchev–Trinajstić information content (AvgIpc) is 2.77. The standard InChI is InChI=1S/C12H10FNO4S/c1-19(16,17)14-12(15)11-7-6-10(18-11)8-2-4-9(13)5-3-8/h2-7H,1H3,(H,14,15). The summed E-state index contributed by atoms with van der Waals surface area (Å²) in [4.78, 5) is 11.5. The number of hydrogen-bond donors (Lipinski definition) is 1. The summed E-state index contributed by atoms with van der Waals surface area (Å²) in [5.74, 6) is -1.02. The third-order valence-electron chi connectivity index (χ3n) is 2.24. The summed E-state index contributed by atoms with van der Waals surface area (Å²) < 4.78 is 41.6. The van der Waals surface area contributed by atoms with E-state index < -0.39 is 15.9 Å². The molecule has 0 unspecified atom stereocenters. The van der Waals surface area contributed by atoms with Crippen LogP contribution >= 0.6 is 0 Å². The molecule has 0 saturated heterocycles. The van der Waals surface area contributed by atoms with Crippen LogP contribution in [0.2, 0.25) is 0 Å². The zero-order valence-electron chi connectivity index (χ0n) is 9.88. The van der Waals surface area contributed by atoms with Crippen LogP contribution in [-0.4, -0.2) is 20.6 Å². The Labute approximate surface area is 109 Å². The number of halogens is 1. The number of amides is 1. The SMILES string of the molecule is CS(=O)(=O)NC(=O)c1ccc(-c2ccc(F)cc2)o1. The van der Waals surface area contributed by atoms with Crippen LogP contribution in [0, 0.1) is 5.82 Å². The molecule has 1 aromatic carbocycles. The Balaban J connectivity index is 2.24. The molecule has 0 atom stereocenters. The first-order valence-corrected chi connectivity index (χ1v) is 7.12. The Kier molecular flexibility index (Phi) is 3.39. The number of carbonyl (C=O) groups excluding carboxylic acids is 1. The number of furan rings is 1. The van der Waals surface area contributed by atoms with Crippen molar-refractivity contribution in [2.24, 2.45) is 0 Å². The molecule has 0 aliphatic heterocycles. The molecule has 2 rings (SSSR count). The van der Waals surface area contributed by atoms with Gasteiger partial charge in [0.05, 0.1) is 6.26 Å². The summed E-state index contributed by atoms with van der Waals surface area (Å²) in [6, 6.07) is 8.35. The van der Waals surface area contributed by atoms with E-state index in [1.54, 1.807) is 4.72 Å². The molecular weight excluding hydrogens is 273 g/mol. The molecule has 0 fully saturated rings. The summed E-state index contributed by atoms with van der Waals surface area (Å²) in [6.07, 6.45) is 0.870. The highest BCUT2D eigenvalue weighted by molar-refractivity contribution is 7.89. The number of benzene rings is 1. The third-order valence-corrected chi connectivity index (χ3v) is 2.79. The van der Waals surface area contributed by atoms with Crippen LogP contribution in [0.25, 0.3) is 11.3 Å². The van der Waals surface area contributed by atoms with Crippen LogP contribution in [0.15, 0.2) is 40.8 Å². The van der Waals surface area contributed by atoms with Crippen molar-refractivity contribution in [3.8, 4) is 11.3 Å². The Bertz CT molecular complexity index is 704. The van der Waals surface area contributed by atoms with E-state index >= 15 is 0 Å². The second-order valence-electron chi connectivity index (χ2n) is 3.87. The molecule has 100 valence electrons. The van der Waals surface area contributed by atoms with Gasteiger partial charge in [0.2, 0.25) is 10.0 Å². The summed E-state index contributed by atoms with van der Waals surface area (Å²) in [5.41, 5.74) is 0.583. The van der Waals surface area contributed by atoms with E-state index in [4.69, 9.17) is 4.42 Å². The van der Waals surface area contributed by atoms with Gasteiger partial charge in [0, 0.05) is 5.56 Å². The molecule has 1 amide bonds. The van der Waals surface area contributed by atoms with Gasteiger partial charge in [0.15, 0.2) is 5.76 Å². The third kappa shape index (κ3) is 3.41. The van der Waals surface area contributed by atoms with Crippen molar-refractivity contribution in [1.82, 2.24) is 4.72 Å². The van der Waals surface area contributed by atoms with Crippen molar-refractivity contribution < 1.29 is 22.0 Å². The van der Waals surface area contributed by atoms with Gasteiger partial charge in [0.25, 0.3) is 5.91 Å². The van der Waals surface area contributed by atoms with Crippen molar-refractivity contribution in [2.75, 3.05) is 6.26 Å². The quantitative estimate of drug-likeness (QED) is 0.931. The minimum Gasteiger partial charge on any atom is -0.451 e. The van der Waals surface area contributed by atoms with Gasteiger partial charge < -0.3 is 4.42 Å². The van der Waals surface area contributed by atoms with Crippen LogP contribution in [-0.2, 0) is 10.0 Å². The van der Waals surface area contributed by atoms with Crippen LogP contribution < -0.4 is 4.72 Å². The van der Waals surface area contributed by atoms with Crippen LogP contribution in [0.1, 0.15) is 10.6 Å². The first kappa shape index (κ1) is 13.3. The molecule has 0 aliphatic rings. The number of nitrogens with one attached hydrogen (secondary N) is 1. The van der Waals surface area contributed by atoms with Gasteiger partial charge >= 0.3 is 0 Å². The Morgan fingerprint density at radius 2 is 1.79 bits per heavy atom. The minimum absolute atomic E-state index is 0.134. The van der Waals surface area contributed by atoms with Crippen molar-refractivity contribution >= 4 is 15.9 Å². The van der Waals surface area contributed by atoms with Gasteiger partial charge in [-0.2, -0.15) is 0 Å². The highest BCUT2D eigenvalue weighted by atomic mass is 32.2. The second kappa shape index (κ2) is 4.85. The van der Waals surface area contributed by atoms with Gasteiger partial charge in [-0.1, -0.05) is 0 Å². The molecule has 0 spiro atoms. The highest BCUT2D eigenvalue weighted by Gasteiger charge is 2.15. The molecule has 7 heteroatoms. The Morgan fingerprint density at radius 3 is 2.37 bits per heavy atom. The number of carbonyl (C=O) groups is 1. The smallest absolute Gasteiger partial charge is 0.300 e. The fraction of sp³-hybridized carbons (Fsp3) is 0.0833. The normalized spacial score (nSPS) is 11.3. The molecule has 1 aromatic heterocycles. The number of sulfonamides is 1.